The fourth-order valence-electron chi connectivity index (χ4n) is 4.02. The maximum absolute atomic E-state index is 14.5. The maximum atomic E-state index is 14.5. The van der Waals surface area contributed by atoms with Crippen LogP contribution in [0.4, 0.5) is 15.9 Å². The van der Waals surface area contributed by atoms with E-state index in [0.717, 1.165) is 11.5 Å². The molecular formula is C21H23FN6O3. The van der Waals surface area contributed by atoms with Gasteiger partial charge in [0.25, 0.3) is 0 Å². The Hall–Kier alpha value is -3.11. The molecule has 0 spiro atoms. The van der Waals surface area contributed by atoms with Gasteiger partial charge in [-0.2, -0.15) is 0 Å². The molecular weight excluding hydrogens is 403 g/mol. The van der Waals surface area contributed by atoms with E-state index in [-0.39, 0.29) is 24.0 Å². The second-order valence-corrected chi connectivity index (χ2v) is 7.62. The van der Waals surface area contributed by atoms with Gasteiger partial charge in [0, 0.05) is 19.5 Å². The number of aliphatic hydroxyl groups excluding tert-OH is 1. The molecule has 162 valence electrons. The molecule has 4 heterocycles. The molecule has 10 heteroatoms. The Morgan fingerprint density at radius 1 is 1.26 bits per heavy atom. The maximum Gasteiger partial charge on any atom is 0.235 e. The Morgan fingerprint density at radius 3 is 2.94 bits per heavy atom. The Bertz CT molecular complexity index is 1090. The number of rotatable bonds is 5. The fraction of sp³-hybridized carbons (Fsp3) is 0.429. The number of anilines is 2. The Kier molecular flexibility index (Phi) is 5.24. The van der Waals surface area contributed by atoms with E-state index in [9.17, 15) is 9.50 Å². The number of halogens is 1. The fourth-order valence-corrected chi connectivity index (χ4v) is 4.02. The van der Waals surface area contributed by atoms with Gasteiger partial charge < -0.3 is 24.1 Å². The number of aryl methyl sites for hydroxylation is 1. The van der Waals surface area contributed by atoms with Crippen molar-refractivity contribution in [2.75, 3.05) is 36.1 Å². The lowest BCUT2D eigenvalue weighted by Gasteiger charge is -2.45. The van der Waals surface area contributed by atoms with Crippen LogP contribution in [0.1, 0.15) is 24.3 Å². The zero-order valence-electron chi connectivity index (χ0n) is 17.2. The predicted octanol–water partition coefficient (Wildman–Crippen LogP) is 1.95. The van der Waals surface area contributed by atoms with E-state index < -0.39 is 5.82 Å². The van der Waals surface area contributed by atoms with Gasteiger partial charge in [-0.25, -0.2) is 14.4 Å². The molecule has 5 rings (SSSR count). The average molecular weight is 426 g/mol. The molecule has 2 aliphatic rings. The molecule has 3 aromatic rings. The minimum atomic E-state index is -0.429. The average Bonchev–Trinajstić information content (AvgIpc) is 3.27. The third-order valence-electron chi connectivity index (χ3n) is 5.61. The summed E-state index contributed by atoms with van der Waals surface area (Å²) in [7, 11) is 0. The highest BCUT2D eigenvalue weighted by atomic mass is 19.1. The van der Waals surface area contributed by atoms with E-state index in [1.807, 2.05) is 6.92 Å². The molecule has 1 fully saturated rings. The van der Waals surface area contributed by atoms with Crippen LogP contribution >= 0.6 is 0 Å². The number of aromatic nitrogens is 4. The number of hydrogen-bond donors (Lipinski definition) is 1. The summed E-state index contributed by atoms with van der Waals surface area (Å²) in [4.78, 5) is 13.5. The van der Waals surface area contributed by atoms with Gasteiger partial charge in [-0.1, -0.05) is 13.0 Å². The first-order chi connectivity index (χ1) is 15.2. The SMILES string of the molecule is CCc1nnc(CN2CC3COCCN3c3nc(-c4cc(CO)ccc4F)ncc32)o1. The van der Waals surface area contributed by atoms with Crippen LogP contribution in [0, 0.1) is 5.82 Å². The van der Waals surface area contributed by atoms with Crippen LogP contribution in [0.3, 0.4) is 0 Å². The molecule has 9 nitrogen and oxygen atoms in total. The lowest BCUT2D eigenvalue weighted by atomic mass is 10.1. The third kappa shape index (κ3) is 3.72. The van der Waals surface area contributed by atoms with E-state index in [0.29, 0.717) is 56.6 Å². The highest BCUT2D eigenvalue weighted by Gasteiger charge is 2.35. The summed E-state index contributed by atoms with van der Waals surface area (Å²) in [5.74, 6) is 1.71. The van der Waals surface area contributed by atoms with Gasteiger partial charge in [0.15, 0.2) is 11.6 Å². The van der Waals surface area contributed by atoms with Crippen LogP contribution in [-0.4, -0.2) is 57.6 Å². The summed E-state index contributed by atoms with van der Waals surface area (Å²) in [5, 5.41) is 17.6. The molecule has 1 aromatic carbocycles. The molecule has 2 aromatic heterocycles. The highest BCUT2D eigenvalue weighted by molar-refractivity contribution is 5.72. The van der Waals surface area contributed by atoms with Crippen molar-refractivity contribution in [1.82, 2.24) is 20.2 Å². The zero-order valence-corrected chi connectivity index (χ0v) is 17.2. The smallest absolute Gasteiger partial charge is 0.235 e. The monoisotopic (exact) mass is 426 g/mol. The van der Waals surface area contributed by atoms with Gasteiger partial charge in [-0.05, 0) is 17.7 Å². The molecule has 0 bridgehead atoms. The Balaban J connectivity index is 1.54. The van der Waals surface area contributed by atoms with E-state index >= 15 is 0 Å². The molecule has 0 saturated carbocycles. The Labute approximate surface area is 178 Å². The summed E-state index contributed by atoms with van der Waals surface area (Å²) in [5.41, 5.74) is 1.70. The predicted molar refractivity (Wildman–Crippen MR) is 110 cm³/mol. The van der Waals surface area contributed by atoms with Crippen molar-refractivity contribution >= 4 is 11.5 Å². The first kappa shape index (κ1) is 19.8. The second kappa shape index (κ2) is 8.20. The van der Waals surface area contributed by atoms with Crippen molar-refractivity contribution < 1.29 is 18.7 Å². The number of benzene rings is 1. The van der Waals surface area contributed by atoms with Crippen LogP contribution in [-0.2, 0) is 24.3 Å². The molecule has 0 amide bonds. The van der Waals surface area contributed by atoms with Crippen LogP contribution in [0.25, 0.3) is 11.4 Å². The van der Waals surface area contributed by atoms with E-state index in [1.54, 1.807) is 18.3 Å². The molecule has 1 atom stereocenters. The minimum Gasteiger partial charge on any atom is -0.423 e. The summed E-state index contributed by atoms with van der Waals surface area (Å²) >= 11 is 0. The lowest BCUT2D eigenvalue weighted by Crippen LogP contribution is -2.55. The summed E-state index contributed by atoms with van der Waals surface area (Å²) in [6.45, 7) is 4.80. The molecule has 0 aliphatic carbocycles. The Morgan fingerprint density at radius 2 is 2.13 bits per heavy atom. The van der Waals surface area contributed by atoms with Gasteiger partial charge in [0.1, 0.15) is 5.82 Å². The van der Waals surface area contributed by atoms with E-state index in [4.69, 9.17) is 14.1 Å². The van der Waals surface area contributed by atoms with Crippen LogP contribution in [0.2, 0.25) is 0 Å². The van der Waals surface area contributed by atoms with Crippen molar-refractivity contribution in [2.45, 2.75) is 32.5 Å². The van der Waals surface area contributed by atoms with Gasteiger partial charge in [0.05, 0.1) is 49.9 Å². The van der Waals surface area contributed by atoms with Gasteiger partial charge in [0.2, 0.25) is 11.8 Å². The van der Waals surface area contributed by atoms with Gasteiger partial charge in [-0.3, -0.25) is 0 Å². The minimum absolute atomic E-state index is 0.103. The van der Waals surface area contributed by atoms with Crippen LogP contribution in [0.5, 0.6) is 0 Å². The first-order valence-corrected chi connectivity index (χ1v) is 10.3. The van der Waals surface area contributed by atoms with Crippen molar-refractivity contribution in [2.24, 2.45) is 0 Å². The first-order valence-electron chi connectivity index (χ1n) is 10.3. The van der Waals surface area contributed by atoms with Crippen LogP contribution in [0.15, 0.2) is 28.8 Å². The second-order valence-electron chi connectivity index (χ2n) is 7.62. The van der Waals surface area contributed by atoms with E-state index in [1.165, 1.54) is 6.07 Å². The number of aliphatic hydroxyl groups is 1. The van der Waals surface area contributed by atoms with Crippen molar-refractivity contribution in [3.8, 4) is 11.4 Å². The standard InChI is InChI=1S/C21H23FN6O3/c1-2-18-25-26-19(31-18)10-27-9-14-12-30-6-5-28(14)21-17(27)8-23-20(24-21)15-7-13(11-29)3-4-16(15)22/h3-4,7-8,14,29H,2,5-6,9-12H2,1H3. The quantitative estimate of drug-likeness (QED) is 0.656. The molecule has 31 heavy (non-hydrogen) atoms. The van der Waals surface area contributed by atoms with Crippen molar-refractivity contribution in [1.29, 1.82) is 0 Å². The number of fused-ring (bicyclic) bond motifs is 3. The molecule has 2 aliphatic heterocycles. The summed E-state index contributed by atoms with van der Waals surface area (Å²) in [6, 6.07) is 4.56. The topological polar surface area (TPSA) is 101 Å². The van der Waals surface area contributed by atoms with Gasteiger partial charge in [-0.15, -0.1) is 10.2 Å². The summed E-state index contributed by atoms with van der Waals surface area (Å²) in [6.07, 6.45) is 2.39. The number of nitrogens with zero attached hydrogens (tertiary/aromatic N) is 6. The van der Waals surface area contributed by atoms with Crippen molar-refractivity contribution in [3.63, 3.8) is 0 Å². The normalized spacial score (nSPS) is 18.1. The van der Waals surface area contributed by atoms with Crippen LogP contribution < -0.4 is 9.80 Å². The molecule has 1 saturated heterocycles. The zero-order chi connectivity index (χ0) is 21.4. The highest BCUT2D eigenvalue weighted by Crippen LogP contribution is 2.37. The lowest BCUT2D eigenvalue weighted by molar-refractivity contribution is 0.0934. The van der Waals surface area contributed by atoms with Crippen molar-refractivity contribution in [3.05, 3.63) is 47.6 Å². The molecule has 0 radical (unpaired) electrons. The number of morpholine rings is 1. The van der Waals surface area contributed by atoms with Gasteiger partial charge >= 0.3 is 0 Å². The number of hydrogen-bond acceptors (Lipinski definition) is 9. The van der Waals surface area contributed by atoms with E-state index in [2.05, 4.69) is 25.0 Å². The molecule has 1 unspecified atom stereocenters. The summed E-state index contributed by atoms with van der Waals surface area (Å²) < 4.78 is 25.9. The molecule has 1 N–H and O–H groups in total. The number of ether oxygens (including phenoxy) is 1. The largest absolute Gasteiger partial charge is 0.423 e. The third-order valence-corrected chi connectivity index (χ3v) is 5.61.